The number of benzene rings is 1. The van der Waals surface area contributed by atoms with Crippen LogP contribution in [0.3, 0.4) is 0 Å². The second-order valence-corrected chi connectivity index (χ2v) is 4.65. The van der Waals surface area contributed by atoms with Crippen molar-refractivity contribution in [3.05, 3.63) is 23.8 Å². The third-order valence-corrected chi connectivity index (χ3v) is 3.21. The van der Waals surface area contributed by atoms with Gasteiger partial charge in [0.2, 0.25) is 0 Å². The molecule has 1 aromatic rings. The van der Waals surface area contributed by atoms with E-state index in [4.69, 9.17) is 19.9 Å². The molecular formula is C14H21NO3. The quantitative estimate of drug-likeness (QED) is 0.870. The Kier molecular flexibility index (Phi) is 4.44. The van der Waals surface area contributed by atoms with Crippen molar-refractivity contribution >= 4 is 0 Å². The van der Waals surface area contributed by atoms with Crippen LogP contribution in [-0.2, 0) is 11.3 Å². The summed E-state index contributed by atoms with van der Waals surface area (Å²) in [5.41, 5.74) is 6.66. The second kappa shape index (κ2) is 6.07. The Hall–Kier alpha value is -1.26. The molecule has 1 saturated heterocycles. The summed E-state index contributed by atoms with van der Waals surface area (Å²) in [6.07, 6.45) is 2.69. The molecule has 4 heteroatoms. The summed E-state index contributed by atoms with van der Waals surface area (Å²) < 4.78 is 16.8. The summed E-state index contributed by atoms with van der Waals surface area (Å²) in [6.45, 7) is 3.15. The summed E-state index contributed by atoms with van der Waals surface area (Å²) in [5, 5.41) is 0. The number of hydrogen-bond acceptors (Lipinski definition) is 4. The first kappa shape index (κ1) is 13.2. The second-order valence-electron chi connectivity index (χ2n) is 4.65. The maximum atomic E-state index is 5.80. The molecule has 0 aromatic heterocycles. The molecule has 0 saturated carbocycles. The van der Waals surface area contributed by atoms with Crippen LogP contribution < -0.4 is 15.2 Å². The predicted molar refractivity (Wildman–Crippen MR) is 69.9 cm³/mol. The number of nitrogens with two attached hydrogens (primary N) is 1. The molecule has 0 bridgehead atoms. The normalized spacial score (nSPS) is 23.1. The first-order valence-corrected chi connectivity index (χ1v) is 6.38. The SMILES string of the molecule is COc1ccc(CN)cc1OCC1CCC(C)O1. The summed E-state index contributed by atoms with van der Waals surface area (Å²) in [4.78, 5) is 0. The third-order valence-electron chi connectivity index (χ3n) is 3.21. The van der Waals surface area contributed by atoms with Gasteiger partial charge in [-0.3, -0.25) is 0 Å². The van der Waals surface area contributed by atoms with Gasteiger partial charge in [0.05, 0.1) is 19.3 Å². The van der Waals surface area contributed by atoms with E-state index < -0.39 is 0 Å². The summed E-state index contributed by atoms with van der Waals surface area (Å²) in [6, 6.07) is 5.76. The van der Waals surface area contributed by atoms with Gasteiger partial charge in [0.25, 0.3) is 0 Å². The van der Waals surface area contributed by atoms with E-state index in [0.717, 1.165) is 29.9 Å². The maximum absolute atomic E-state index is 5.80. The van der Waals surface area contributed by atoms with Crippen molar-refractivity contribution in [3.63, 3.8) is 0 Å². The van der Waals surface area contributed by atoms with Gasteiger partial charge in [0.1, 0.15) is 6.61 Å². The van der Waals surface area contributed by atoms with Crippen molar-refractivity contribution in [3.8, 4) is 11.5 Å². The Morgan fingerprint density at radius 2 is 2.17 bits per heavy atom. The highest BCUT2D eigenvalue weighted by Crippen LogP contribution is 2.29. The fourth-order valence-electron chi connectivity index (χ4n) is 2.15. The Labute approximate surface area is 108 Å². The minimum atomic E-state index is 0.186. The van der Waals surface area contributed by atoms with Crippen LogP contribution in [0.4, 0.5) is 0 Å². The van der Waals surface area contributed by atoms with E-state index in [1.165, 1.54) is 0 Å². The molecule has 2 N–H and O–H groups in total. The zero-order valence-electron chi connectivity index (χ0n) is 11.0. The molecule has 1 aromatic carbocycles. The Morgan fingerprint density at radius 3 is 2.78 bits per heavy atom. The molecule has 1 heterocycles. The largest absolute Gasteiger partial charge is 0.493 e. The molecule has 0 radical (unpaired) electrons. The lowest BCUT2D eigenvalue weighted by molar-refractivity contribution is 0.0259. The smallest absolute Gasteiger partial charge is 0.161 e. The maximum Gasteiger partial charge on any atom is 0.161 e. The van der Waals surface area contributed by atoms with Crippen molar-refractivity contribution in [1.82, 2.24) is 0 Å². The van der Waals surface area contributed by atoms with Gasteiger partial charge in [-0.15, -0.1) is 0 Å². The van der Waals surface area contributed by atoms with Crippen LogP contribution in [0.5, 0.6) is 11.5 Å². The molecule has 18 heavy (non-hydrogen) atoms. The molecule has 1 aliphatic rings. The van der Waals surface area contributed by atoms with Crippen LogP contribution in [-0.4, -0.2) is 25.9 Å². The monoisotopic (exact) mass is 251 g/mol. The van der Waals surface area contributed by atoms with Gasteiger partial charge in [-0.2, -0.15) is 0 Å². The number of rotatable bonds is 5. The van der Waals surface area contributed by atoms with Gasteiger partial charge in [-0.25, -0.2) is 0 Å². The zero-order chi connectivity index (χ0) is 13.0. The molecule has 0 aliphatic carbocycles. The van der Waals surface area contributed by atoms with Crippen molar-refractivity contribution in [1.29, 1.82) is 0 Å². The molecule has 4 nitrogen and oxygen atoms in total. The molecular weight excluding hydrogens is 230 g/mol. The van der Waals surface area contributed by atoms with E-state index in [1.807, 2.05) is 18.2 Å². The Balaban J connectivity index is 1.98. The first-order chi connectivity index (χ1) is 8.72. The van der Waals surface area contributed by atoms with Crippen molar-refractivity contribution in [2.24, 2.45) is 5.73 Å². The minimum absolute atomic E-state index is 0.186. The zero-order valence-corrected chi connectivity index (χ0v) is 11.0. The highest BCUT2D eigenvalue weighted by Gasteiger charge is 2.22. The van der Waals surface area contributed by atoms with Gasteiger partial charge < -0.3 is 19.9 Å². The fraction of sp³-hybridized carbons (Fsp3) is 0.571. The Bertz CT molecular complexity index is 395. The minimum Gasteiger partial charge on any atom is -0.493 e. The van der Waals surface area contributed by atoms with Gasteiger partial charge in [0, 0.05) is 6.54 Å². The van der Waals surface area contributed by atoms with Crippen LogP contribution in [0, 0.1) is 0 Å². The van der Waals surface area contributed by atoms with E-state index in [1.54, 1.807) is 7.11 Å². The lowest BCUT2D eigenvalue weighted by Gasteiger charge is -2.15. The highest BCUT2D eigenvalue weighted by atomic mass is 16.6. The van der Waals surface area contributed by atoms with Gasteiger partial charge >= 0.3 is 0 Å². The third kappa shape index (κ3) is 3.15. The van der Waals surface area contributed by atoms with Crippen LogP contribution >= 0.6 is 0 Å². The van der Waals surface area contributed by atoms with Gasteiger partial charge in [-0.1, -0.05) is 6.07 Å². The molecule has 0 amide bonds. The van der Waals surface area contributed by atoms with Gasteiger partial charge in [0.15, 0.2) is 11.5 Å². The van der Waals surface area contributed by atoms with Crippen molar-refractivity contribution in [2.75, 3.05) is 13.7 Å². The molecule has 1 aliphatic heterocycles. The molecule has 1 fully saturated rings. The topological polar surface area (TPSA) is 53.7 Å². The van der Waals surface area contributed by atoms with E-state index in [-0.39, 0.29) is 6.10 Å². The number of ether oxygens (including phenoxy) is 3. The van der Waals surface area contributed by atoms with Crippen LogP contribution in [0.1, 0.15) is 25.3 Å². The van der Waals surface area contributed by atoms with Gasteiger partial charge in [-0.05, 0) is 37.5 Å². The number of hydrogen-bond donors (Lipinski definition) is 1. The average Bonchev–Trinajstić information content (AvgIpc) is 2.81. The predicted octanol–water partition coefficient (Wildman–Crippen LogP) is 2.10. The molecule has 2 atom stereocenters. The molecule has 2 rings (SSSR count). The van der Waals surface area contributed by atoms with E-state index in [9.17, 15) is 0 Å². The van der Waals surface area contributed by atoms with E-state index >= 15 is 0 Å². The van der Waals surface area contributed by atoms with Crippen LogP contribution in [0.25, 0.3) is 0 Å². The van der Waals surface area contributed by atoms with E-state index in [2.05, 4.69) is 6.92 Å². The molecule has 0 spiro atoms. The van der Waals surface area contributed by atoms with Crippen molar-refractivity contribution < 1.29 is 14.2 Å². The average molecular weight is 251 g/mol. The highest BCUT2D eigenvalue weighted by molar-refractivity contribution is 5.42. The lowest BCUT2D eigenvalue weighted by Crippen LogP contribution is -2.18. The molecule has 2 unspecified atom stereocenters. The standard InChI is InChI=1S/C14H21NO3/c1-10-3-5-12(18-10)9-17-14-7-11(8-15)4-6-13(14)16-2/h4,6-7,10,12H,3,5,8-9,15H2,1-2H3. The number of methoxy groups -OCH3 is 1. The van der Waals surface area contributed by atoms with Crippen LogP contribution in [0.2, 0.25) is 0 Å². The lowest BCUT2D eigenvalue weighted by atomic mass is 10.2. The summed E-state index contributed by atoms with van der Waals surface area (Å²) in [7, 11) is 1.64. The fourth-order valence-corrected chi connectivity index (χ4v) is 2.15. The Morgan fingerprint density at radius 1 is 1.33 bits per heavy atom. The molecule has 100 valence electrons. The first-order valence-electron chi connectivity index (χ1n) is 6.38. The summed E-state index contributed by atoms with van der Waals surface area (Å²) in [5.74, 6) is 1.47. The van der Waals surface area contributed by atoms with E-state index in [0.29, 0.717) is 19.3 Å². The van der Waals surface area contributed by atoms with Crippen molar-refractivity contribution in [2.45, 2.75) is 38.5 Å². The van der Waals surface area contributed by atoms with Crippen LogP contribution in [0.15, 0.2) is 18.2 Å². The summed E-state index contributed by atoms with van der Waals surface area (Å²) >= 11 is 0.